The number of amides is 4. The molecule has 0 aliphatic carbocycles. The number of halogens is 1. The van der Waals surface area contributed by atoms with Gasteiger partial charge in [0.25, 0.3) is 11.8 Å². The number of nitrogens with zero attached hydrogens (tertiary/aromatic N) is 3. The Bertz CT molecular complexity index is 1560. The second kappa shape index (κ2) is 9.53. The molecule has 1 atom stereocenters. The van der Waals surface area contributed by atoms with Crippen molar-refractivity contribution in [3.8, 4) is 0 Å². The summed E-state index contributed by atoms with van der Waals surface area (Å²) in [6.45, 7) is 1.60. The first-order chi connectivity index (χ1) is 17.8. The van der Waals surface area contributed by atoms with E-state index < -0.39 is 29.7 Å². The summed E-state index contributed by atoms with van der Waals surface area (Å²) in [7, 11) is 1.49. The normalized spacial score (nSPS) is 15.2. The smallest absolute Gasteiger partial charge is 0.319 e. The van der Waals surface area contributed by atoms with E-state index in [1.54, 1.807) is 49.5 Å². The lowest BCUT2D eigenvalue weighted by Gasteiger charge is -2.29. The van der Waals surface area contributed by atoms with E-state index in [4.69, 9.17) is 0 Å². The van der Waals surface area contributed by atoms with Crippen molar-refractivity contribution < 1.29 is 18.8 Å². The summed E-state index contributed by atoms with van der Waals surface area (Å²) in [5.74, 6) is -1.49. The van der Waals surface area contributed by atoms with Crippen molar-refractivity contribution in [2.24, 2.45) is 0 Å². The zero-order chi connectivity index (χ0) is 26.1. The van der Waals surface area contributed by atoms with E-state index in [2.05, 4.69) is 31.1 Å². The van der Waals surface area contributed by atoms with Gasteiger partial charge in [-0.3, -0.25) is 19.6 Å². The van der Waals surface area contributed by atoms with Crippen LogP contribution in [-0.2, 0) is 4.79 Å². The molecule has 0 saturated heterocycles. The number of H-pyrrole nitrogens is 1. The van der Waals surface area contributed by atoms with Gasteiger partial charge in [-0.25, -0.2) is 14.2 Å². The Kier molecular flexibility index (Phi) is 6.10. The Balaban J connectivity index is 1.47. The van der Waals surface area contributed by atoms with Crippen LogP contribution in [0.2, 0.25) is 0 Å². The third-order valence-corrected chi connectivity index (χ3v) is 6.06. The van der Waals surface area contributed by atoms with Gasteiger partial charge in [0.15, 0.2) is 0 Å². The topological polar surface area (TPSA) is 132 Å². The number of pyridine rings is 1. The molecule has 37 heavy (non-hydrogen) atoms. The van der Waals surface area contributed by atoms with Crippen LogP contribution in [0.1, 0.15) is 28.9 Å². The Morgan fingerprint density at radius 1 is 1.11 bits per heavy atom. The Morgan fingerprint density at radius 3 is 2.73 bits per heavy atom. The number of aromatic amines is 1. The van der Waals surface area contributed by atoms with Crippen LogP contribution in [0, 0.1) is 5.82 Å². The highest BCUT2D eigenvalue weighted by Crippen LogP contribution is 2.30. The number of benzene rings is 2. The number of rotatable bonds is 5. The van der Waals surface area contributed by atoms with E-state index in [0.29, 0.717) is 22.8 Å². The maximum absolute atomic E-state index is 14.8. The standard InChI is InChI=1S/C26H22FN7O3/c1-14-22(24(35)31-17-7-9-20-16(11-17)13-29-33-20)23(32-26(37)30-14)15-6-8-19(27)18(12-15)25(36)34(2)21-5-3-4-10-28-21/h3-13,23H,1-2H3,(H,29,33)(H,31,35)(H2,30,32,37). The molecule has 11 heteroatoms. The zero-order valence-electron chi connectivity index (χ0n) is 19.9. The number of aromatic nitrogens is 3. The van der Waals surface area contributed by atoms with E-state index in [1.807, 2.05) is 0 Å². The average Bonchev–Trinajstić information content (AvgIpc) is 3.36. The lowest BCUT2D eigenvalue weighted by molar-refractivity contribution is -0.113. The van der Waals surface area contributed by atoms with Gasteiger partial charge in [-0.1, -0.05) is 12.1 Å². The second-order valence-electron chi connectivity index (χ2n) is 8.49. The number of hydrogen-bond acceptors (Lipinski definition) is 5. The molecule has 3 heterocycles. The van der Waals surface area contributed by atoms with Gasteiger partial charge in [-0.2, -0.15) is 5.10 Å². The van der Waals surface area contributed by atoms with Crippen LogP contribution in [0.25, 0.3) is 10.9 Å². The first-order valence-corrected chi connectivity index (χ1v) is 11.3. The number of nitrogens with one attached hydrogen (secondary N) is 4. The molecule has 1 unspecified atom stereocenters. The molecule has 0 fully saturated rings. The maximum atomic E-state index is 14.8. The molecular weight excluding hydrogens is 477 g/mol. The van der Waals surface area contributed by atoms with E-state index >= 15 is 0 Å². The lowest BCUT2D eigenvalue weighted by Crippen LogP contribution is -2.46. The molecule has 0 spiro atoms. The van der Waals surface area contributed by atoms with Crippen molar-refractivity contribution in [1.82, 2.24) is 25.8 Å². The molecule has 2 aromatic carbocycles. The third kappa shape index (κ3) is 4.61. The van der Waals surface area contributed by atoms with Crippen LogP contribution in [0.5, 0.6) is 0 Å². The summed E-state index contributed by atoms with van der Waals surface area (Å²) in [6.07, 6.45) is 3.17. The molecule has 0 bridgehead atoms. The molecule has 4 amide bonds. The van der Waals surface area contributed by atoms with Gasteiger partial charge in [-0.05, 0) is 55.0 Å². The van der Waals surface area contributed by atoms with Crippen molar-refractivity contribution in [2.45, 2.75) is 13.0 Å². The van der Waals surface area contributed by atoms with Gasteiger partial charge < -0.3 is 16.0 Å². The van der Waals surface area contributed by atoms with Gasteiger partial charge in [0, 0.05) is 30.0 Å². The molecular formula is C26H22FN7O3. The van der Waals surface area contributed by atoms with Crippen LogP contribution < -0.4 is 20.9 Å². The average molecular weight is 500 g/mol. The van der Waals surface area contributed by atoms with Crippen LogP contribution in [0.4, 0.5) is 20.7 Å². The summed E-state index contributed by atoms with van der Waals surface area (Å²) < 4.78 is 14.8. The summed E-state index contributed by atoms with van der Waals surface area (Å²) in [5.41, 5.74) is 2.04. The van der Waals surface area contributed by atoms with Crippen molar-refractivity contribution in [1.29, 1.82) is 0 Å². The van der Waals surface area contributed by atoms with Gasteiger partial charge in [0.05, 0.1) is 28.9 Å². The molecule has 1 aliphatic rings. The number of hydrogen-bond donors (Lipinski definition) is 4. The highest BCUT2D eigenvalue weighted by molar-refractivity contribution is 6.08. The number of carbonyl (C=O) groups excluding carboxylic acids is 3. The molecule has 10 nitrogen and oxygen atoms in total. The van der Waals surface area contributed by atoms with Crippen molar-refractivity contribution in [3.05, 3.63) is 95.2 Å². The monoisotopic (exact) mass is 499 g/mol. The van der Waals surface area contributed by atoms with Gasteiger partial charge in [0.1, 0.15) is 11.6 Å². The highest BCUT2D eigenvalue weighted by Gasteiger charge is 2.32. The molecule has 186 valence electrons. The van der Waals surface area contributed by atoms with E-state index in [-0.39, 0.29) is 11.1 Å². The van der Waals surface area contributed by atoms with E-state index in [0.717, 1.165) is 17.0 Å². The molecule has 4 N–H and O–H groups in total. The molecule has 0 radical (unpaired) electrons. The molecule has 1 aliphatic heterocycles. The fourth-order valence-electron chi connectivity index (χ4n) is 4.19. The quantitative estimate of drug-likeness (QED) is 0.333. The summed E-state index contributed by atoms with van der Waals surface area (Å²) in [4.78, 5) is 44.2. The molecule has 2 aromatic heterocycles. The van der Waals surface area contributed by atoms with Gasteiger partial charge in [-0.15, -0.1) is 0 Å². The summed E-state index contributed by atoms with van der Waals surface area (Å²) in [5, 5.41) is 15.8. The predicted octanol–water partition coefficient (Wildman–Crippen LogP) is 3.64. The number of anilines is 2. The minimum atomic E-state index is -0.932. The fraction of sp³-hybridized carbons (Fsp3) is 0.115. The third-order valence-electron chi connectivity index (χ3n) is 6.06. The van der Waals surface area contributed by atoms with Gasteiger partial charge >= 0.3 is 6.03 Å². The van der Waals surface area contributed by atoms with E-state index in [1.165, 1.54) is 30.3 Å². The number of fused-ring (bicyclic) bond motifs is 1. The minimum absolute atomic E-state index is 0.218. The zero-order valence-corrected chi connectivity index (χ0v) is 19.9. The molecule has 4 aromatic rings. The SMILES string of the molecule is CC1=C(C(=O)Nc2ccc3[nH]ncc3c2)C(c2ccc(F)c(C(=O)N(C)c3ccccn3)c2)NC(=O)N1. The van der Waals surface area contributed by atoms with Crippen LogP contribution in [-0.4, -0.2) is 40.1 Å². The molecule has 5 rings (SSSR count). The maximum Gasteiger partial charge on any atom is 0.319 e. The predicted molar refractivity (Wildman–Crippen MR) is 135 cm³/mol. The first-order valence-electron chi connectivity index (χ1n) is 11.3. The minimum Gasteiger partial charge on any atom is -0.327 e. The Morgan fingerprint density at radius 2 is 1.95 bits per heavy atom. The van der Waals surface area contributed by atoms with Crippen molar-refractivity contribution in [3.63, 3.8) is 0 Å². The van der Waals surface area contributed by atoms with Crippen molar-refractivity contribution >= 4 is 40.3 Å². The second-order valence-corrected chi connectivity index (χ2v) is 8.49. The lowest BCUT2D eigenvalue weighted by atomic mass is 9.93. The van der Waals surface area contributed by atoms with E-state index in [9.17, 15) is 18.8 Å². The number of carbonyl (C=O) groups is 3. The van der Waals surface area contributed by atoms with Crippen LogP contribution >= 0.6 is 0 Å². The van der Waals surface area contributed by atoms with Crippen LogP contribution in [0.15, 0.2) is 78.3 Å². The first kappa shape index (κ1) is 23.7. The highest BCUT2D eigenvalue weighted by atomic mass is 19.1. The Hall–Kier alpha value is -5.06. The largest absolute Gasteiger partial charge is 0.327 e. The Labute approximate surface area is 210 Å². The van der Waals surface area contributed by atoms with Gasteiger partial charge in [0.2, 0.25) is 0 Å². The summed E-state index contributed by atoms with van der Waals surface area (Å²) >= 11 is 0. The summed E-state index contributed by atoms with van der Waals surface area (Å²) in [6, 6.07) is 12.8. The number of allylic oxidation sites excluding steroid dienone is 1. The number of urea groups is 1. The van der Waals surface area contributed by atoms with Crippen molar-refractivity contribution in [2.75, 3.05) is 17.3 Å². The fourth-order valence-corrected chi connectivity index (χ4v) is 4.19. The molecule has 0 saturated carbocycles. The van der Waals surface area contributed by atoms with Crippen LogP contribution in [0.3, 0.4) is 0 Å².